The van der Waals surface area contributed by atoms with Crippen molar-refractivity contribution in [3.63, 3.8) is 0 Å². The standard InChI is InChI=1S/C36H46BrN3O7/c1-21(2)26(20-41)40-32-34(44)39(24-15-9-5-10-16-24)18-12-6-11-17-27(42)38-22(3)30(23-13-7-4-8-14-23)46-35(45)28-29(33(40)43)36(32)19-25(37)31(28)47-36/h4,6-8,12-14,19,21-22,24,26,28-32,41H,5,9-11,15-18,20H2,1-3H3,(H,38,42)/b12-6-/t22-,26-,28+,29-,30+,31+,32+,36-/m0/s1. The Morgan fingerprint density at radius 1 is 1.02 bits per heavy atom. The number of benzene rings is 1. The van der Waals surface area contributed by atoms with Crippen LogP contribution in [0.3, 0.4) is 0 Å². The Hall–Kier alpha value is -3.02. The molecule has 1 aromatic carbocycles. The van der Waals surface area contributed by atoms with Gasteiger partial charge in [0.2, 0.25) is 17.7 Å². The number of aliphatic hydroxyl groups is 1. The number of carbonyl (C=O) groups is 4. The summed E-state index contributed by atoms with van der Waals surface area (Å²) >= 11 is 3.63. The Balaban J connectivity index is 1.47. The van der Waals surface area contributed by atoms with Gasteiger partial charge in [-0.3, -0.25) is 19.2 Å². The van der Waals surface area contributed by atoms with Crippen molar-refractivity contribution in [2.45, 2.75) is 108 Å². The molecule has 5 bridgehead atoms. The van der Waals surface area contributed by atoms with Crippen molar-refractivity contribution in [2.75, 3.05) is 13.2 Å². The second kappa shape index (κ2) is 13.8. The number of carbonyl (C=O) groups excluding carboxylic acids is 4. The number of ether oxygens (including phenoxy) is 2. The highest BCUT2D eigenvalue weighted by atomic mass is 79.9. The van der Waals surface area contributed by atoms with Gasteiger partial charge >= 0.3 is 5.97 Å². The molecule has 2 saturated heterocycles. The predicted molar refractivity (Wildman–Crippen MR) is 178 cm³/mol. The third kappa shape index (κ3) is 6.08. The maximum absolute atomic E-state index is 15.1. The average Bonchev–Trinajstić information content (AvgIpc) is 3.65. The average molecular weight is 713 g/mol. The van der Waals surface area contributed by atoms with Gasteiger partial charge in [0, 0.05) is 23.5 Å². The number of esters is 1. The van der Waals surface area contributed by atoms with Crippen LogP contribution in [0.1, 0.15) is 77.4 Å². The van der Waals surface area contributed by atoms with E-state index < -0.39 is 59.6 Å². The summed E-state index contributed by atoms with van der Waals surface area (Å²) in [4.78, 5) is 60.5. The van der Waals surface area contributed by atoms with E-state index in [9.17, 15) is 19.5 Å². The largest absolute Gasteiger partial charge is 0.455 e. The lowest BCUT2D eigenvalue weighted by Crippen LogP contribution is -2.61. The highest BCUT2D eigenvalue weighted by Crippen LogP contribution is 2.59. The first-order valence-corrected chi connectivity index (χ1v) is 17.9. The zero-order valence-corrected chi connectivity index (χ0v) is 28.9. The van der Waals surface area contributed by atoms with E-state index in [4.69, 9.17) is 9.47 Å². The molecule has 10 nitrogen and oxygen atoms in total. The molecule has 3 fully saturated rings. The van der Waals surface area contributed by atoms with E-state index in [1.54, 1.807) is 6.92 Å². The van der Waals surface area contributed by atoms with Gasteiger partial charge in [0.1, 0.15) is 29.8 Å². The van der Waals surface area contributed by atoms with Crippen LogP contribution in [-0.2, 0) is 28.7 Å². The summed E-state index contributed by atoms with van der Waals surface area (Å²) in [6.07, 6.45) is 9.55. The van der Waals surface area contributed by atoms with E-state index in [0.29, 0.717) is 23.0 Å². The zero-order chi connectivity index (χ0) is 33.5. The Morgan fingerprint density at radius 2 is 1.74 bits per heavy atom. The van der Waals surface area contributed by atoms with Crippen LogP contribution < -0.4 is 5.32 Å². The molecule has 47 heavy (non-hydrogen) atoms. The highest BCUT2D eigenvalue weighted by molar-refractivity contribution is 9.11. The molecule has 1 spiro atoms. The van der Waals surface area contributed by atoms with Gasteiger partial charge in [0.05, 0.1) is 24.6 Å². The predicted octanol–water partition coefficient (Wildman–Crippen LogP) is 4.18. The van der Waals surface area contributed by atoms with E-state index in [1.165, 1.54) is 4.90 Å². The lowest BCUT2D eigenvalue weighted by molar-refractivity contribution is -0.162. The lowest BCUT2D eigenvalue weighted by Gasteiger charge is -2.42. The molecule has 5 aliphatic rings. The number of fused-ring (bicyclic) bond motifs is 2. The van der Waals surface area contributed by atoms with E-state index in [1.807, 2.05) is 67.3 Å². The van der Waals surface area contributed by atoms with Crippen molar-refractivity contribution in [2.24, 2.45) is 17.8 Å². The summed E-state index contributed by atoms with van der Waals surface area (Å²) in [5.74, 6) is -3.69. The van der Waals surface area contributed by atoms with Crippen LogP contribution in [0.4, 0.5) is 0 Å². The molecule has 2 N–H and O–H groups in total. The van der Waals surface area contributed by atoms with Crippen molar-refractivity contribution in [1.82, 2.24) is 15.1 Å². The summed E-state index contributed by atoms with van der Waals surface area (Å²) < 4.78 is 13.5. The third-order valence-electron chi connectivity index (χ3n) is 10.7. The molecule has 254 valence electrons. The maximum Gasteiger partial charge on any atom is 0.313 e. The summed E-state index contributed by atoms with van der Waals surface area (Å²) in [5.41, 5.74) is -0.716. The molecular weight excluding hydrogens is 666 g/mol. The molecule has 1 aromatic rings. The van der Waals surface area contributed by atoms with Gasteiger partial charge in [-0.15, -0.1) is 0 Å². The fraction of sp³-hybridized carbons (Fsp3) is 0.611. The molecule has 6 rings (SSSR count). The first kappa shape index (κ1) is 33.9. The SMILES string of the molecule is CC(C)[C@H](CO)N1C(=O)[C@@H]2[C@H]3C(=O)O[C@@H](c4ccccc4)[C@H](C)NC(=O)CC/C=C\CN(C4CCCCC4)C(=O)[C@@H]1[C@]21C=C(Br)[C@H]3O1. The Labute approximate surface area is 285 Å². The molecule has 0 unspecified atom stereocenters. The van der Waals surface area contributed by atoms with Crippen LogP contribution in [-0.4, -0.2) is 87.6 Å². The minimum Gasteiger partial charge on any atom is -0.455 e. The van der Waals surface area contributed by atoms with Gasteiger partial charge < -0.3 is 29.7 Å². The number of likely N-dealkylation sites (tertiary alicyclic amines) is 1. The van der Waals surface area contributed by atoms with Crippen LogP contribution in [0.2, 0.25) is 0 Å². The first-order chi connectivity index (χ1) is 22.6. The third-order valence-corrected chi connectivity index (χ3v) is 11.4. The van der Waals surface area contributed by atoms with Gasteiger partial charge in [-0.1, -0.05) is 91.5 Å². The monoisotopic (exact) mass is 711 g/mol. The van der Waals surface area contributed by atoms with E-state index in [2.05, 4.69) is 21.2 Å². The number of nitrogens with one attached hydrogen (secondary N) is 1. The van der Waals surface area contributed by atoms with Crippen LogP contribution in [0.15, 0.2) is 53.0 Å². The summed E-state index contributed by atoms with van der Waals surface area (Å²) in [7, 11) is 0. The van der Waals surface area contributed by atoms with Gasteiger partial charge in [0.25, 0.3) is 0 Å². The normalized spacial score (nSPS) is 35.1. The van der Waals surface area contributed by atoms with Crippen LogP contribution in [0, 0.1) is 17.8 Å². The number of halogens is 1. The molecular formula is C36H46BrN3O7. The molecule has 4 heterocycles. The van der Waals surface area contributed by atoms with Crippen molar-refractivity contribution < 1.29 is 33.8 Å². The summed E-state index contributed by atoms with van der Waals surface area (Å²) in [5, 5.41) is 13.6. The molecule has 0 aromatic heterocycles. The Bertz CT molecular complexity index is 1430. The smallest absolute Gasteiger partial charge is 0.313 e. The number of aliphatic hydroxyl groups excluding tert-OH is 1. The van der Waals surface area contributed by atoms with Crippen molar-refractivity contribution >= 4 is 39.6 Å². The van der Waals surface area contributed by atoms with Gasteiger partial charge in [-0.2, -0.15) is 0 Å². The van der Waals surface area contributed by atoms with Gasteiger partial charge in [-0.05, 0) is 43.7 Å². The number of rotatable bonds is 5. The minimum absolute atomic E-state index is 0.0235. The maximum atomic E-state index is 15.1. The van der Waals surface area contributed by atoms with E-state index >= 15 is 4.79 Å². The quantitative estimate of drug-likeness (QED) is 0.347. The number of hydrogen-bond donors (Lipinski definition) is 2. The molecule has 0 radical (unpaired) electrons. The fourth-order valence-electron chi connectivity index (χ4n) is 8.38. The molecule has 1 aliphatic carbocycles. The van der Waals surface area contributed by atoms with Crippen molar-refractivity contribution in [3.8, 4) is 0 Å². The minimum atomic E-state index is -1.42. The number of cyclic esters (lactones) is 1. The molecule has 11 heteroatoms. The van der Waals surface area contributed by atoms with Crippen molar-refractivity contribution in [3.05, 3.63) is 58.6 Å². The fourth-order valence-corrected chi connectivity index (χ4v) is 9.12. The lowest BCUT2D eigenvalue weighted by atomic mass is 9.74. The van der Waals surface area contributed by atoms with Gasteiger partial charge in [0.15, 0.2) is 0 Å². The number of allylic oxidation sites excluding steroid dienone is 1. The first-order valence-electron chi connectivity index (χ1n) is 17.1. The topological polar surface area (TPSA) is 125 Å². The number of nitrogens with zero attached hydrogens (tertiary/aromatic N) is 2. The Kier molecular flexibility index (Phi) is 9.97. The molecule has 4 aliphatic heterocycles. The van der Waals surface area contributed by atoms with Crippen LogP contribution in [0.5, 0.6) is 0 Å². The Morgan fingerprint density at radius 3 is 2.43 bits per heavy atom. The highest BCUT2D eigenvalue weighted by Gasteiger charge is 2.75. The summed E-state index contributed by atoms with van der Waals surface area (Å²) in [6, 6.07) is 6.90. The van der Waals surface area contributed by atoms with Gasteiger partial charge in [-0.25, -0.2) is 0 Å². The van der Waals surface area contributed by atoms with Crippen LogP contribution in [0.25, 0.3) is 0 Å². The molecule has 3 amide bonds. The van der Waals surface area contributed by atoms with Crippen LogP contribution >= 0.6 is 15.9 Å². The van der Waals surface area contributed by atoms with E-state index in [0.717, 1.165) is 32.1 Å². The molecule has 8 atom stereocenters. The summed E-state index contributed by atoms with van der Waals surface area (Å²) in [6.45, 7) is 5.61. The zero-order valence-electron chi connectivity index (χ0n) is 27.3. The van der Waals surface area contributed by atoms with E-state index in [-0.39, 0.29) is 36.8 Å². The van der Waals surface area contributed by atoms with Crippen molar-refractivity contribution in [1.29, 1.82) is 0 Å². The number of amides is 3. The second-order valence-corrected chi connectivity index (χ2v) is 14.9. The number of hydrogen-bond acceptors (Lipinski definition) is 7. The molecule has 1 saturated carbocycles. The second-order valence-electron chi connectivity index (χ2n) is 14.0.